The molecule has 0 saturated carbocycles. The van der Waals surface area contributed by atoms with E-state index in [-0.39, 0.29) is 17.4 Å². The van der Waals surface area contributed by atoms with Crippen LogP contribution in [0.1, 0.15) is 51.3 Å². The minimum Gasteiger partial charge on any atom is -0.384 e. The highest BCUT2D eigenvalue weighted by Crippen LogP contribution is 2.28. The van der Waals surface area contributed by atoms with E-state index >= 15 is 0 Å². The lowest BCUT2D eigenvalue weighted by atomic mass is 9.85. The summed E-state index contributed by atoms with van der Waals surface area (Å²) in [5.41, 5.74) is 2.14. The molecule has 23 heavy (non-hydrogen) atoms. The maximum absolute atomic E-state index is 12.7. The standard InChI is InChI=1S/C19H30N2O2/c1-14(15-6-8-16(9-7-15)18(2,3)4)21-17(22)19(13-23-5)10-11-20-12-19/h6-9,14,20H,10-13H2,1-5H3,(H,21,22). The Morgan fingerprint density at radius 2 is 2.00 bits per heavy atom. The van der Waals surface area contributed by atoms with Gasteiger partial charge in [0.15, 0.2) is 0 Å². The van der Waals surface area contributed by atoms with Gasteiger partial charge < -0.3 is 15.4 Å². The van der Waals surface area contributed by atoms with E-state index in [4.69, 9.17) is 4.74 Å². The summed E-state index contributed by atoms with van der Waals surface area (Å²) in [5, 5.41) is 6.44. The van der Waals surface area contributed by atoms with Gasteiger partial charge in [-0.1, -0.05) is 45.0 Å². The second-order valence-electron chi connectivity index (χ2n) is 7.71. The van der Waals surface area contributed by atoms with Crippen LogP contribution in [-0.2, 0) is 14.9 Å². The molecule has 128 valence electrons. The molecule has 1 aromatic rings. The van der Waals surface area contributed by atoms with Crippen molar-refractivity contribution < 1.29 is 9.53 Å². The number of hydrogen-bond donors (Lipinski definition) is 2. The number of benzene rings is 1. The maximum Gasteiger partial charge on any atom is 0.230 e. The van der Waals surface area contributed by atoms with Crippen molar-refractivity contribution in [3.05, 3.63) is 35.4 Å². The van der Waals surface area contributed by atoms with Crippen LogP contribution in [-0.4, -0.2) is 32.7 Å². The normalized spacial score (nSPS) is 22.8. The van der Waals surface area contributed by atoms with Crippen molar-refractivity contribution in [3.8, 4) is 0 Å². The van der Waals surface area contributed by atoms with Gasteiger partial charge in [0.2, 0.25) is 5.91 Å². The molecule has 1 saturated heterocycles. The fourth-order valence-electron chi connectivity index (χ4n) is 3.11. The predicted molar refractivity (Wildman–Crippen MR) is 93.5 cm³/mol. The average molecular weight is 318 g/mol. The molecule has 0 aliphatic carbocycles. The first-order chi connectivity index (χ1) is 10.8. The van der Waals surface area contributed by atoms with Gasteiger partial charge in [0.05, 0.1) is 18.1 Å². The Hall–Kier alpha value is -1.39. The molecule has 1 amide bonds. The molecule has 1 aliphatic heterocycles. The van der Waals surface area contributed by atoms with Crippen LogP contribution < -0.4 is 10.6 Å². The van der Waals surface area contributed by atoms with E-state index in [0.717, 1.165) is 18.5 Å². The highest BCUT2D eigenvalue weighted by atomic mass is 16.5. The number of ether oxygens (including phenoxy) is 1. The van der Waals surface area contributed by atoms with E-state index in [1.54, 1.807) is 7.11 Å². The summed E-state index contributed by atoms with van der Waals surface area (Å²) in [6.07, 6.45) is 0.822. The van der Waals surface area contributed by atoms with Crippen LogP contribution in [0.15, 0.2) is 24.3 Å². The molecule has 0 bridgehead atoms. The van der Waals surface area contributed by atoms with Crippen molar-refractivity contribution in [2.45, 2.75) is 45.6 Å². The van der Waals surface area contributed by atoms with E-state index in [0.29, 0.717) is 13.2 Å². The Labute approximate surface area is 140 Å². The summed E-state index contributed by atoms with van der Waals surface area (Å²) in [6, 6.07) is 8.52. The zero-order chi connectivity index (χ0) is 17.1. The zero-order valence-electron chi connectivity index (χ0n) is 15.0. The molecule has 1 fully saturated rings. The van der Waals surface area contributed by atoms with Gasteiger partial charge in [-0.3, -0.25) is 4.79 Å². The second-order valence-corrected chi connectivity index (χ2v) is 7.71. The van der Waals surface area contributed by atoms with E-state index in [1.165, 1.54) is 5.56 Å². The molecule has 2 atom stereocenters. The van der Waals surface area contributed by atoms with Gasteiger partial charge in [0, 0.05) is 13.7 Å². The lowest BCUT2D eigenvalue weighted by molar-refractivity contribution is -0.133. The molecular formula is C19H30N2O2. The van der Waals surface area contributed by atoms with Crippen molar-refractivity contribution in [2.24, 2.45) is 5.41 Å². The minimum atomic E-state index is -0.436. The van der Waals surface area contributed by atoms with Crippen LogP contribution in [0, 0.1) is 5.41 Å². The van der Waals surface area contributed by atoms with Crippen LogP contribution >= 0.6 is 0 Å². The number of amides is 1. The molecule has 2 N–H and O–H groups in total. The zero-order valence-corrected chi connectivity index (χ0v) is 15.0. The van der Waals surface area contributed by atoms with Crippen LogP contribution in [0.5, 0.6) is 0 Å². The van der Waals surface area contributed by atoms with Gasteiger partial charge in [-0.25, -0.2) is 0 Å². The topological polar surface area (TPSA) is 50.4 Å². The highest BCUT2D eigenvalue weighted by Gasteiger charge is 2.41. The van der Waals surface area contributed by atoms with Crippen LogP contribution in [0.3, 0.4) is 0 Å². The highest BCUT2D eigenvalue weighted by molar-refractivity contribution is 5.83. The summed E-state index contributed by atoms with van der Waals surface area (Å²) >= 11 is 0. The van der Waals surface area contributed by atoms with Gasteiger partial charge >= 0.3 is 0 Å². The van der Waals surface area contributed by atoms with Crippen molar-refractivity contribution in [1.29, 1.82) is 0 Å². The molecule has 2 rings (SSSR count). The Morgan fingerprint density at radius 1 is 1.35 bits per heavy atom. The molecule has 4 nitrogen and oxygen atoms in total. The Bertz CT molecular complexity index is 525. The van der Waals surface area contributed by atoms with Gasteiger partial charge in [-0.15, -0.1) is 0 Å². The van der Waals surface area contributed by atoms with E-state index < -0.39 is 5.41 Å². The first-order valence-corrected chi connectivity index (χ1v) is 8.39. The number of methoxy groups -OCH3 is 1. The second kappa shape index (κ2) is 7.02. The molecule has 1 heterocycles. The van der Waals surface area contributed by atoms with Gasteiger partial charge in [0.1, 0.15) is 0 Å². The average Bonchev–Trinajstić information content (AvgIpc) is 2.97. The Kier molecular flexibility index (Phi) is 5.48. The van der Waals surface area contributed by atoms with Gasteiger partial charge in [0.25, 0.3) is 0 Å². The molecule has 1 aromatic carbocycles. The molecule has 0 aromatic heterocycles. The molecule has 2 unspecified atom stereocenters. The van der Waals surface area contributed by atoms with Gasteiger partial charge in [-0.05, 0) is 36.4 Å². The Morgan fingerprint density at radius 3 is 2.48 bits per heavy atom. The van der Waals surface area contributed by atoms with Gasteiger partial charge in [-0.2, -0.15) is 0 Å². The summed E-state index contributed by atoms with van der Waals surface area (Å²) in [7, 11) is 1.65. The number of rotatable bonds is 5. The SMILES string of the molecule is COCC1(C(=O)NC(C)c2ccc(C(C)(C)C)cc2)CCNC1. The molecule has 1 aliphatic rings. The van der Waals surface area contributed by atoms with Crippen molar-refractivity contribution in [2.75, 3.05) is 26.8 Å². The minimum absolute atomic E-state index is 0.00847. The third-order valence-corrected chi connectivity index (χ3v) is 4.77. The Balaban J connectivity index is 2.06. The third-order valence-electron chi connectivity index (χ3n) is 4.77. The lowest BCUT2D eigenvalue weighted by Crippen LogP contribution is -2.46. The van der Waals surface area contributed by atoms with E-state index in [2.05, 4.69) is 55.7 Å². The predicted octanol–water partition coefficient (Wildman–Crippen LogP) is 2.79. The maximum atomic E-state index is 12.7. The van der Waals surface area contributed by atoms with E-state index in [1.807, 2.05) is 6.92 Å². The molecular weight excluding hydrogens is 288 g/mol. The number of carbonyl (C=O) groups is 1. The third kappa shape index (κ3) is 4.12. The summed E-state index contributed by atoms with van der Waals surface area (Å²) in [4.78, 5) is 12.7. The number of hydrogen-bond acceptors (Lipinski definition) is 3. The quantitative estimate of drug-likeness (QED) is 0.878. The fourth-order valence-corrected chi connectivity index (χ4v) is 3.11. The van der Waals surface area contributed by atoms with Crippen molar-refractivity contribution >= 4 is 5.91 Å². The molecule has 4 heteroatoms. The number of nitrogens with one attached hydrogen (secondary N) is 2. The van der Waals surface area contributed by atoms with E-state index in [9.17, 15) is 4.79 Å². The summed E-state index contributed by atoms with van der Waals surface area (Å²) in [6.45, 7) is 10.7. The fraction of sp³-hybridized carbons (Fsp3) is 0.632. The molecule has 0 spiro atoms. The van der Waals surface area contributed by atoms with Crippen molar-refractivity contribution in [3.63, 3.8) is 0 Å². The van der Waals surface area contributed by atoms with Crippen LogP contribution in [0.2, 0.25) is 0 Å². The first kappa shape index (κ1) is 18.0. The van der Waals surface area contributed by atoms with Crippen LogP contribution in [0.25, 0.3) is 0 Å². The monoisotopic (exact) mass is 318 g/mol. The summed E-state index contributed by atoms with van der Waals surface area (Å²) < 4.78 is 5.29. The largest absolute Gasteiger partial charge is 0.384 e. The summed E-state index contributed by atoms with van der Waals surface area (Å²) in [5.74, 6) is 0.0803. The first-order valence-electron chi connectivity index (χ1n) is 8.39. The van der Waals surface area contributed by atoms with Crippen LogP contribution in [0.4, 0.5) is 0 Å². The van der Waals surface area contributed by atoms with Crippen molar-refractivity contribution in [1.82, 2.24) is 10.6 Å². The lowest BCUT2D eigenvalue weighted by Gasteiger charge is -2.28. The number of carbonyl (C=O) groups excluding carboxylic acids is 1. The molecule has 0 radical (unpaired) electrons. The smallest absolute Gasteiger partial charge is 0.230 e.